The lowest BCUT2D eigenvalue weighted by Crippen LogP contribution is -2.55. The van der Waals surface area contributed by atoms with Gasteiger partial charge in [0.15, 0.2) is 0 Å². The monoisotopic (exact) mass is 308 g/mol. The maximum atomic E-state index is 12.2. The van der Waals surface area contributed by atoms with Gasteiger partial charge in [0.05, 0.1) is 19.2 Å². The van der Waals surface area contributed by atoms with E-state index in [9.17, 15) is 15.2 Å². The molecule has 2 rings (SSSR count). The summed E-state index contributed by atoms with van der Waals surface area (Å²) in [5.41, 5.74) is -0.705. The van der Waals surface area contributed by atoms with E-state index in [0.29, 0.717) is 12.5 Å². The summed E-state index contributed by atoms with van der Waals surface area (Å²) in [6.07, 6.45) is 3.00. The lowest BCUT2D eigenvalue weighted by atomic mass is 9.98. The minimum atomic E-state index is -0.705. The van der Waals surface area contributed by atoms with Crippen LogP contribution in [0.4, 0.5) is 0 Å². The van der Waals surface area contributed by atoms with E-state index in [2.05, 4.69) is 28.1 Å². The summed E-state index contributed by atoms with van der Waals surface area (Å²) < 4.78 is 0. The van der Waals surface area contributed by atoms with E-state index < -0.39 is 5.54 Å². The molecule has 2 atom stereocenters. The molecule has 0 spiro atoms. The van der Waals surface area contributed by atoms with Crippen molar-refractivity contribution in [2.75, 3.05) is 39.3 Å². The molecule has 6 nitrogen and oxygen atoms in total. The summed E-state index contributed by atoms with van der Waals surface area (Å²) in [7, 11) is 0. The Kier molecular flexibility index (Phi) is 5.79. The zero-order valence-corrected chi connectivity index (χ0v) is 13.7. The van der Waals surface area contributed by atoms with Crippen LogP contribution in [-0.4, -0.2) is 71.7 Å². The lowest BCUT2D eigenvalue weighted by Gasteiger charge is -2.38. The van der Waals surface area contributed by atoms with Gasteiger partial charge in [-0.1, -0.05) is 6.92 Å². The third-order valence-corrected chi connectivity index (χ3v) is 5.00. The fourth-order valence-electron chi connectivity index (χ4n) is 3.20. The zero-order chi connectivity index (χ0) is 16.2. The van der Waals surface area contributed by atoms with E-state index in [0.717, 1.165) is 45.4 Å². The number of carbonyl (C=O) groups is 1. The van der Waals surface area contributed by atoms with E-state index in [-0.39, 0.29) is 18.6 Å². The fourth-order valence-corrected chi connectivity index (χ4v) is 3.20. The summed E-state index contributed by atoms with van der Waals surface area (Å²) in [6.45, 7) is 7.88. The summed E-state index contributed by atoms with van der Waals surface area (Å²) >= 11 is 0. The fraction of sp³-hybridized carbons (Fsp3) is 0.875. The maximum Gasteiger partial charge on any atom is 0.235 e. The molecule has 0 aromatic heterocycles. The summed E-state index contributed by atoms with van der Waals surface area (Å²) in [6, 6.07) is 2.49. The molecule has 6 heteroatoms. The van der Waals surface area contributed by atoms with E-state index in [4.69, 9.17) is 0 Å². The number of aliphatic hydroxyl groups excluding tert-OH is 1. The number of nitrogens with one attached hydrogen (secondary N) is 1. The van der Waals surface area contributed by atoms with Gasteiger partial charge in [0.2, 0.25) is 5.91 Å². The molecule has 1 aliphatic heterocycles. The van der Waals surface area contributed by atoms with Crippen LogP contribution in [0.5, 0.6) is 0 Å². The Labute approximate surface area is 133 Å². The lowest BCUT2D eigenvalue weighted by molar-refractivity contribution is -0.124. The average molecular weight is 308 g/mol. The smallest absolute Gasteiger partial charge is 0.235 e. The minimum Gasteiger partial charge on any atom is -0.395 e. The summed E-state index contributed by atoms with van der Waals surface area (Å²) in [4.78, 5) is 16.6. The minimum absolute atomic E-state index is 0.0569. The second-order valence-corrected chi connectivity index (χ2v) is 6.69. The highest BCUT2D eigenvalue weighted by Gasteiger charge is 2.43. The van der Waals surface area contributed by atoms with Gasteiger partial charge in [-0.3, -0.25) is 14.6 Å². The van der Waals surface area contributed by atoms with Crippen LogP contribution in [0.25, 0.3) is 0 Å². The third-order valence-electron chi connectivity index (χ3n) is 5.00. The van der Waals surface area contributed by atoms with Gasteiger partial charge in [-0.2, -0.15) is 5.26 Å². The molecule has 1 aliphatic carbocycles. The van der Waals surface area contributed by atoms with Crippen molar-refractivity contribution in [1.29, 1.82) is 5.26 Å². The number of nitrogens with zero attached hydrogens (tertiary/aromatic N) is 3. The first kappa shape index (κ1) is 17.2. The van der Waals surface area contributed by atoms with Gasteiger partial charge in [0.1, 0.15) is 5.54 Å². The number of carbonyl (C=O) groups excluding carboxylic acids is 1. The van der Waals surface area contributed by atoms with Gasteiger partial charge in [-0.25, -0.2) is 0 Å². The molecule has 1 amide bonds. The summed E-state index contributed by atoms with van der Waals surface area (Å²) in [5, 5.41) is 21.6. The maximum absolute atomic E-state index is 12.2. The van der Waals surface area contributed by atoms with Gasteiger partial charge in [-0.05, 0) is 32.1 Å². The van der Waals surface area contributed by atoms with Crippen LogP contribution < -0.4 is 5.32 Å². The largest absolute Gasteiger partial charge is 0.395 e. The molecule has 1 saturated heterocycles. The van der Waals surface area contributed by atoms with Crippen molar-refractivity contribution < 1.29 is 9.90 Å². The average Bonchev–Trinajstić information content (AvgIpc) is 3.35. The Hall–Kier alpha value is -1.16. The first-order valence-electron chi connectivity index (χ1n) is 8.32. The van der Waals surface area contributed by atoms with Crippen molar-refractivity contribution in [2.45, 2.75) is 44.7 Å². The van der Waals surface area contributed by atoms with E-state index >= 15 is 0 Å². The van der Waals surface area contributed by atoms with Crippen LogP contribution >= 0.6 is 0 Å². The predicted octanol–water partition coefficient (Wildman–Crippen LogP) is 0.183. The van der Waals surface area contributed by atoms with Crippen LogP contribution in [-0.2, 0) is 4.79 Å². The van der Waals surface area contributed by atoms with Gasteiger partial charge in [-0.15, -0.1) is 0 Å². The Morgan fingerprint density at radius 3 is 2.50 bits per heavy atom. The van der Waals surface area contributed by atoms with Crippen molar-refractivity contribution in [3.8, 4) is 6.07 Å². The SMILES string of the molecule is CCC(CO)N1CCN(CC(=O)NC(C)(C#N)C2CC2)CC1. The molecule has 0 bridgehead atoms. The molecule has 2 unspecified atom stereocenters. The molecule has 124 valence electrons. The number of hydrogen-bond acceptors (Lipinski definition) is 5. The highest BCUT2D eigenvalue weighted by molar-refractivity contribution is 5.79. The Bertz CT molecular complexity index is 420. The van der Waals surface area contributed by atoms with Crippen molar-refractivity contribution in [2.24, 2.45) is 5.92 Å². The van der Waals surface area contributed by atoms with Gasteiger partial charge in [0.25, 0.3) is 0 Å². The molecule has 0 aromatic carbocycles. The van der Waals surface area contributed by atoms with E-state index in [1.54, 1.807) is 0 Å². The molecule has 2 N–H and O–H groups in total. The number of rotatable bonds is 7. The Balaban J connectivity index is 1.76. The zero-order valence-electron chi connectivity index (χ0n) is 13.7. The normalized spacial score (nSPS) is 24.3. The molecular weight excluding hydrogens is 280 g/mol. The first-order valence-corrected chi connectivity index (χ1v) is 8.32. The highest BCUT2D eigenvalue weighted by atomic mass is 16.3. The van der Waals surface area contributed by atoms with Crippen molar-refractivity contribution in [1.82, 2.24) is 15.1 Å². The molecule has 22 heavy (non-hydrogen) atoms. The Morgan fingerprint density at radius 1 is 1.41 bits per heavy atom. The van der Waals surface area contributed by atoms with Crippen molar-refractivity contribution >= 4 is 5.91 Å². The predicted molar refractivity (Wildman–Crippen MR) is 84.1 cm³/mol. The standard InChI is InChI=1S/C16H28N4O2/c1-3-14(11-21)20-8-6-19(7-9-20)10-15(22)18-16(2,12-17)13-4-5-13/h13-14,21H,3-11H2,1-2H3,(H,18,22). The van der Waals surface area contributed by atoms with Gasteiger partial charge < -0.3 is 10.4 Å². The van der Waals surface area contributed by atoms with Crippen LogP contribution in [0, 0.1) is 17.2 Å². The molecule has 0 radical (unpaired) electrons. The number of hydrogen-bond donors (Lipinski definition) is 2. The number of piperazine rings is 1. The molecule has 2 aliphatic rings. The molecule has 2 fully saturated rings. The first-order chi connectivity index (χ1) is 10.5. The molecule has 1 saturated carbocycles. The van der Waals surface area contributed by atoms with Crippen molar-refractivity contribution in [3.05, 3.63) is 0 Å². The molecule has 0 aromatic rings. The molecule has 1 heterocycles. The number of nitriles is 1. The van der Waals surface area contributed by atoms with Gasteiger partial charge in [0, 0.05) is 32.2 Å². The number of aliphatic hydroxyl groups is 1. The summed E-state index contributed by atoms with van der Waals surface area (Å²) in [5.74, 6) is 0.256. The van der Waals surface area contributed by atoms with Crippen LogP contribution in [0.15, 0.2) is 0 Å². The highest BCUT2D eigenvalue weighted by Crippen LogP contribution is 2.39. The number of amides is 1. The van der Waals surface area contributed by atoms with Crippen LogP contribution in [0.1, 0.15) is 33.1 Å². The second-order valence-electron chi connectivity index (χ2n) is 6.69. The van der Waals surface area contributed by atoms with E-state index in [1.807, 2.05) is 6.92 Å². The van der Waals surface area contributed by atoms with E-state index in [1.165, 1.54) is 0 Å². The quantitative estimate of drug-likeness (QED) is 0.701. The Morgan fingerprint density at radius 2 is 2.05 bits per heavy atom. The second kappa shape index (κ2) is 7.40. The van der Waals surface area contributed by atoms with Gasteiger partial charge >= 0.3 is 0 Å². The van der Waals surface area contributed by atoms with Crippen LogP contribution in [0.3, 0.4) is 0 Å². The van der Waals surface area contributed by atoms with Crippen molar-refractivity contribution in [3.63, 3.8) is 0 Å². The molecular formula is C16H28N4O2. The van der Waals surface area contributed by atoms with Crippen LogP contribution in [0.2, 0.25) is 0 Å². The third kappa shape index (κ3) is 4.19. The topological polar surface area (TPSA) is 79.6 Å².